The van der Waals surface area contributed by atoms with E-state index in [2.05, 4.69) is 48.5 Å². The minimum absolute atomic E-state index is 0.150. The Kier molecular flexibility index (Phi) is 3.05. The predicted octanol–water partition coefficient (Wildman–Crippen LogP) is 3.58. The third-order valence-electron chi connectivity index (χ3n) is 4.55. The summed E-state index contributed by atoms with van der Waals surface area (Å²) in [6.07, 6.45) is 3.14. The lowest BCUT2D eigenvalue weighted by molar-refractivity contribution is 0.314. The van der Waals surface area contributed by atoms with Crippen LogP contribution in [0.25, 0.3) is 10.2 Å². The first-order valence-corrected chi connectivity index (χ1v) is 8.21. The van der Waals surface area contributed by atoms with Gasteiger partial charge in [-0.25, -0.2) is 4.98 Å². The fourth-order valence-electron chi connectivity index (χ4n) is 3.43. The summed E-state index contributed by atoms with van der Waals surface area (Å²) in [5.74, 6) is 0. The van der Waals surface area contributed by atoms with E-state index in [9.17, 15) is 0 Å². The van der Waals surface area contributed by atoms with E-state index in [1.165, 1.54) is 20.8 Å². The van der Waals surface area contributed by atoms with Crippen molar-refractivity contribution in [3.8, 4) is 0 Å². The predicted molar refractivity (Wildman–Crippen MR) is 88.7 cm³/mol. The number of thiazole rings is 1. The highest BCUT2D eigenvalue weighted by molar-refractivity contribution is 7.18. The van der Waals surface area contributed by atoms with Crippen LogP contribution in [0.4, 0.5) is 0 Å². The fourth-order valence-corrected chi connectivity index (χ4v) is 4.57. The van der Waals surface area contributed by atoms with Gasteiger partial charge in [0.2, 0.25) is 0 Å². The first kappa shape index (κ1) is 13.0. The van der Waals surface area contributed by atoms with Gasteiger partial charge in [-0.3, -0.25) is 0 Å². The van der Waals surface area contributed by atoms with Crippen LogP contribution in [-0.2, 0) is 19.3 Å². The molecule has 2 aromatic carbocycles. The van der Waals surface area contributed by atoms with E-state index < -0.39 is 0 Å². The highest BCUT2D eigenvalue weighted by Gasteiger charge is 2.36. The first-order valence-electron chi connectivity index (χ1n) is 7.39. The number of hydrogen-bond acceptors (Lipinski definition) is 3. The van der Waals surface area contributed by atoms with Crippen LogP contribution in [0.5, 0.6) is 0 Å². The lowest BCUT2D eigenvalue weighted by Crippen LogP contribution is -2.33. The molecule has 0 fully saturated rings. The largest absolute Gasteiger partial charge is 0.330 e. The summed E-state index contributed by atoms with van der Waals surface area (Å²) in [7, 11) is 0. The van der Waals surface area contributed by atoms with Crippen molar-refractivity contribution in [2.75, 3.05) is 6.54 Å². The molecule has 0 spiro atoms. The zero-order chi connectivity index (χ0) is 14.3. The molecule has 0 amide bonds. The molecule has 2 N–H and O–H groups in total. The van der Waals surface area contributed by atoms with Crippen molar-refractivity contribution in [2.45, 2.75) is 19.3 Å². The van der Waals surface area contributed by atoms with Crippen LogP contribution in [0.3, 0.4) is 0 Å². The summed E-state index contributed by atoms with van der Waals surface area (Å²) in [5.41, 5.74) is 10.4. The Balaban J connectivity index is 1.66. The molecule has 0 radical (unpaired) electrons. The Labute approximate surface area is 128 Å². The van der Waals surface area contributed by atoms with Crippen molar-refractivity contribution in [2.24, 2.45) is 11.1 Å². The van der Waals surface area contributed by atoms with Gasteiger partial charge in [-0.2, -0.15) is 0 Å². The third kappa shape index (κ3) is 2.27. The Hall–Kier alpha value is -1.71. The van der Waals surface area contributed by atoms with Gasteiger partial charge in [0, 0.05) is 6.42 Å². The van der Waals surface area contributed by atoms with E-state index in [1.54, 1.807) is 0 Å². The number of nitrogens with zero attached hydrogens (tertiary/aromatic N) is 1. The van der Waals surface area contributed by atoms with Crippen molar-refractivity contribution >= 4 is 21.6 Å². The molecule has 1 heterocycles. The number of aromatic nitrogens is 1. The maximum atomic E-state index is 6.17. The number of benzene rings is 2. The highest BCUT2D eigenvalue weighted by atomic mass is 32.1. The van der Waals surface area contributed by atoms with Gasteiger partial charge in [-0.1, -0.05) is 36.4 Å². The van der Waals surface area contributed by atoms with Crippen LogP contribution in [0.1, 0.15) is 16.1 Å². The van der Waals surface area contributed by atoms with Crippen LogP contribution in [0.2, 0.25) is 0 Å². The van der Waals surface area contributed by atoms with Crippen molar-refractivity contribution in [3.63, 3.8) is 0 Å². The maximum absolute atomic E-state index is 6.17. The molecule has 0 saturated heterocycles. The minimum Gasteiger partial charge on any atom is -0.330 e. The van der Waals surface area contributed by atoms with E-state index in [0.717, 1.165) is 31.3 Å². The van der Waals surface area contributed by atoms with E-state index in [0.29, 0.717) is 0 Å². The van der Waals surface area contributed by atoms with Crippen LogP contribution >= 0.6 is 11.3 Å². The van der Waals surface area contributed by atoms with Crippen molar-refractivity contribution in [1.29, 1.82) is 0 Å². The number of hydrogen-bond donors (Lipinski definition) is 1. The molecule has 1 aromatic heterocycles. The molecule has 4 rings (SSSR count). The summed E-state index contributed by atoms with van der Waals surface area (Å²) in [6.45, 7) is 0.720. The van der Waals surface area contributed by atoms with Crippen molar-refractivity contribution in [1.82, 2.24) is 4.98 Å². The van der Waals surface area contributed by atoms with E-state index in [4.69, 9.17) is 10.7 Å². The molecular formula is C18H18N2S. The smallest absolute Gasteiger partial charge is 0.0944 e. The van der Waals surface area contributed by atoms with Crippen LogP contribution < -0.4 is 5.73 Å². The summed E-state index contributed by atoms with van der Waals surface area (Å²) >= 11 is 1.81. The maximum Gasteiger partial charge on any atom is 0.0944 e. The number of nitrogens with two attached hydrogens (primary N) is 1. The molecule has 3 heteroatoms. The summed E-state index contributed by atoms with van der Waals surface area (Å²) in [5, 5.41) is 1.22. The Morgan fingerprint density at radius 2 is 1.67 bits per heavy atom. The van der Waals surface area contributed by atoms with Crippen LogP contribution in [0, 0.1) is 5.41 Å². The molecule has 0 bridgehead atoms. The minimum atomic E-state index is 0.150. The molecule has 0 saturated carbocycles. The van der Waals surface area contributed by atoms with E-state index in [1.807, 2.05) is 11.3 Å². The topological polar surface area (TPSA) is 38.9 Å². The normalized spacial score (nSPS) is 16.2. The van der Waals surface area contributed by atoms with E-state index in [-0.39, 0.29) is 5.41 Å². The second kappa shape index (κ2) is 4.93. The van der Waals surface area contributed by atoms with Gasteiger partial charge >= 0.3 is 0 Å². The van der Waals surface area contributed by atoms with Crippen molar-refractivity contribution in [3.05, 3.63) is 64.7 Å². The van der Waals surface area contributed by atoms with Crippen molar-refractivity contribution < 1.29 is 0 Å². The Bertz CT molecular complexity index is 733. The molecule has 21 heavy (non-hydrogen) atoms. The molecular weight excluding hydrogens is 276 g/mol. The first-order chi connectivity index (χ1) is 10.3. The SMILES string of the molecule is NCC1(Cc2nc3ccccc3s2)Cc2ccccc2C1. The highest BCUT2D eigenvalue weighted by Crippen LogP contribution is 2.40. The van der Waals surface area contributed by atoms with Gasteiger partial charge in [0.1, 0.15) is 0 Å². The van der Waals surface area contributed by atoms with Gasteiger partial charge in [0.25, 0.3) is 0 Å². The molecule has 1 aliphatic rings. The summed E-state index contributed by atoms with van der Waals surface area (Å²) in [4.78, 5) is 4.79. The average molecular weight is 294 g/mol. The molecule has 0 unspecified atom stereocenters. The quantitative estimate of drug-likeness (QED) is 0.802. The number of rotatable bonds is 3. The molecule has 0 atom stereocenters. The second-order valence-electron chi connectivity index (χ2n) is 6.08. The van der Waals surface area contributed by atoms with Gasteiger partial charge in [0.05, 0.1) is 15.2 Å². The third-order valence-corrected chi connectivity index (χ3v) is 5.58. The zero-order valence-corrected chi connectivity index (χ0v) is 12.7. The molecule has 3 aromatic rings. The van der Waals surface area contributed by atoms with Crippen LogP contribution in [0.15, 0.2) is 48.5 Å². The van der Waals surface area contributed by atoms with Gasteiger partial charge in [-0.05, 0) is 48.1 Å². The monoisotopic (exact) mass is 294 g/mol. The fraction of sp³-hybridized carbons (Fsp3) is 0.278. The van der Waals surface area contributed by atoms with Gasteiger partial charge < -0.3 is 5.73 Å². The standard InChI is InChI=1S/C18H18N2S/c19-12-18(9-13-5-1-2-6-14(13)10-18)11-17-20-15-7-3-4-8-16(15)21-17/h1-8H,9-12,19H2. The summed E-state index contributed by atoms with van der Waals surface area (Å²) in [6, 6.07) is 17.1. The van der Waals surface area contributed by atoms with Crippen LogP contribution in [-0.4, -0.2) is 11.5 Å². The molecule has 106 valence electrons. The Morgan fingerprint density at radius 3 is 2.33 bits per heavy atom. The average Bonchev–Trinajstić information content (AvgIpc) is 3.07. The van der Waals surface area contributed by atoms with E-state index >= 15 is 0 Å². The second-order valence-corrected chi connectivity index (χ2v) is 7.19. The molecule has 1 aliphatic carbocycles. The number of fused-ring (bicyclic) bond motifs is 2. The Morgan fingerprint density at radius 1 is 1.00 bits per heavy atom. The van der Waals surface area contributed by atoms with Gasteiger partial charge in [-0.15, -0.1) is 11.3 Å². The molecule has 0 aliphatic heterocycles. The summed E-state index contributed by atoms with van der Waals surface area (Å²) < 4.78 is 1.27. The zero-order valence-electron chi connectivity index (χ0n) is 11.9. The van der Waals surface area contributed by atoms with Gasteiger partial charge in [0.15, 0.2) is 0 Å². The number of para-hydroxylation sites is 1. The lowest BCUT2D eigenvalue weighted by atomic mass is 9.82. The molecule has 2 nitrogen and oxygen atoms in total. The lowest BCUT2D eigenvalue weighted by Gasteiger charge is -2.26.